The highest BCUT2D eigenvalue weighted by molar-refractivity contribution is 5.89. The first-order valence-electron chi connectivity index (χ1n) is 7.31. The van der Waals surface area contributed by atoms with Gasteiger partial charge in [0.1, 0.15) is 0 Å². The van der Waals surface area contributed by atoms with Gasteiger partial charge < -0.3 is 15.7 Å². The van der Waals surface area contributed by atoms with Crippen LogP contribution in [0.25, 0.3) is 0 Å². The molecule has 0 aliphatic carbocycles. The number of hydrogen-bond donors (Lipinski definition) is 3. The van der Waals surface area contributed by atoms with Crippen LogP contribution in [-0.2, 0) is 6.42 Å². The van der Waals surface area contributed by atoms with E-state index in [9.17, 15) is 4.79 Å². The van der Waals surface area contributed by atoms with E-state index < -0.39 is 0 Å². The summed E-state index contributed by atoms with van der Waals surface area (Å²) in [7, 11) is 0. The summed E-state index contributed by atoms with van der Waals surface area (Å²) in [5.41, 5.74) is 1.62. The molecular weight excluding hydrogens is 266 g/mol. The number of carbonyl (C=O) groups is 1. The monoisotopic (exact) mass is 289 g/mol. The van der Waals surface area contributed by atoms with Gasteiger partial charge in [-0.3, -0.25) is 0 Å². The molecule has 0 aromatic heterocycles. The molecule has 0 heterocycles. The molecule has 0 aliphatic rings. The van der Waals surface area contributed by atoms with Gasteiger partial charge in [0.15, 0.2) is 0 Å². The molecule has 3 N–H and O–H groups in total. The zero-order chi connectivity index (χ0) is 15.5. The highest BCUT2D eigenvalue weighted by Gasteiger charge is 2.09. The second-order valence-corrected chi connectivity index (χ2v) is 5.03. The number of aliphatic hydroxyl groups excluding tert-OH is 1. The average molecular weight is 289 g/mol. The highest BCUT2D eigenvalue weighted by Crippen LogP contribution is 2.11. The smallest absolute Gasteiger partial charge is 0.319 e. The maximum atomic E-state index is 11.8. The first-order valence-corrected chi connectivity index (χ1v) is 7.31. The van der Waals surface area contributed by atoms with Gasteiger partial charge in [0.2, 0.25) is 0 Å². The molecule has 1 aromatic carbocycles. The Bertz CT molecular complexity index is 459. The molecule has 2 amide bonds. The number of anilines is 1. The van der Waals surface area contributed by atoms with Crippen LogP contribution in [0.5, 0.6) is 0 Å². The Morgan fingerprint density at radius 2 is 2.05 bits per heavy atom. The zero-order valence-corrected chi connectivity index (χ0v) is 12.4. The second kappa shape index (κ2) is 9.78. The summed E-state index contributed by atoms with van der Waals surface area (Å²) in [4.78, 5) is 11.8. The highest BCUT2D eigenvalue weighted by atomic mass is 16.3. The van der Waals surface area contributed by atoms with E-state index >= 15 is 0 Å². The summed E-state index contributed by atoms with van der Waals surface area (Å²) >= 11 is 0. The first kappa shape index (κ1) is 17.0. The molecule has 0 radical (unpaired) electrons. The molecule has 21 heavy (non-hydrogen) atoms. The van der Waals surface area contributed by atoms with Crippen molar-refractivity contribution in [3.05, 3.63) is 29.8 Å². The van der Waals surface area contributed by atoms with E-state index in [0.717, 1.165) is 18.4 Å². The molecular formula is C16H23N3O2. The number of nitrogens with zero attached hydrogens (tertiary/aromatic N) is 1. The molecule has 5 nitrogen and oxygen atoms in total. The SMILES string of the molecule is CCCC(CCO)CNC(=O)Nc1ccc(CC#N)cc1. The number of nitriles is 1. The number of carbonyl (C=O) groups excluding carboxylic acids is 1. The van der Waals surface area contributed by atoms with Crippen molar-refractivity contribution >= 4 is 11.7 Å². The summed E-state index contributed by atoms with van der Waals surface area (Å²) in [5, 5.41) is 23.2. The minimum Gasteiger partial charge on any atom is -0.396 e. The van der Waals surface area contributed by atoms with E-state index in [0.29, 0.717) is 31.0 Å². The van der Waals surface area contributed by atoms with E-state index in [-0.39, 0.29) is 12.6 Å². The van der Waals surface area contributed by atoms with Crippen molar-refractivity contribution in [1.82, 2.24) is 5.32 Å². The van der Waals surface area contributed by atoms with Gasteiger partial charge in [0.05, 0.1) is 12.5 Å². The van der Waals surface area contributed by atoms with Crippen LogP contribution in [0.1, 0.15) is 31.7 Å². The fourth-order valence-corrected chi connectivity index (χ4v) is 2.15. The minimum atomic E-state index is -0.248. The van der Waals surface area contributed by atoms with Gasteiger partial charge in [-0.15, -0.1) is 0 Å². The molecule has 0 fully saturated rings. The van der Waals surface area contributed by atoms with Crippen molar-refractivity contribution in [2.75, 3.05) is 18.5 Å². The van der Waals surface area contributed by atoms with Gasteiger partial charge in [-0.05, 0) is 36.5 Å². The van der Waals surface area contributed by atoms with Crippen molar-refractivity contribution in [3.8, 4) is 6.07 Å². The van der Waals surface area contributed by atoms with E-state index in [1.807, 2.05) is 12.1 Å². The largest absolute Gasteiger partial charge is 0.396 e. The molecule has 0 saturated heterocycles. The van der Waals surface area contributed by atoms with E-state index in [1.54, 1.807) is 12.1 Å². The Morgan fingerprint density at radius 1 is 1.33 bits per heavy atom. The standard InChI is InChI=1S/C16H23N3O2/c1-2-3-14(9-11-20)12-18-16(21)19-15-6-4-13(5-7-15)8-10-17/h4-7,14,20H,2-3,8-9,11-12H2,1H3,(H2,18,19,21). The van der Waals surface area contributed by atoms with Crippen LogP contribution in [0, 0.1) is 17.2 Å². The fraction of sp³-hybridized carbons (Fsp3) is 0.500. The normalized spacial score (nSPS) is 11.5. The van der Waals surface area contributed by atoms with Crippen LogP contribution in [-0.4, -0.2) is 24.3 Å². The molecule has 5 heteroatoms. The molecule has 0 saturated carbocycles. The third-order valence-electron chi connectivity index (χ3n) is 3.28. The Morgan fingerprint density at radius 3 is 2.62 bits per heavy atom. The molecule has 1 aromatic rings. The van der Waals surface area contributed by atoms with Gasteiger partial charge >= 0.3 is 6.03 Å². The van der Waals surface area contributed by atoms with Crippen molar-refractivity contribution in [1.29, 1.82) is 5.26 Å². The lowest BCUT2D eigenvalue weighted by Crippen LogP contribution is -2.33. The first-order chi connectivity index (χ1) is 10.2. The predicted octanol–water partition coefficient (Wildman–Crippen LogP) is 2.67. The van der Waals surface area contributed by atoms with Gasteiger partial charge in [-0.25, -0.2) is 4.79 Å². The number of benzene rings is 1. The Balaban J connectivity index is 2.40. The topological polar surface area (TPSA) is 85.2 Å². The van der Waals surface area contributed by atoms with Crippen LogP contribution >= 0.6 is 0 Å². The molecule has 0 aliphatic heterocycles. The van der Waals surface area contributed by atoms with Crippen molar-refractivity contribution in [2.45, 2.75) is 32.6 Å². The number of nitrogens with one attached hydrogen (secondary N) is 2. The summed E-state index contributed by atoms with van der Waals surface area (Å²) < 4.78 is 0. The van der Waals surface area contributed by atoms with Crippen molar-refractivity contribution in [3.63, 3.8) is 0 Å². The fourth-order valence-electron chi connectivity index (χ4n) is 2.15. The molecule has 0 spiro atoms. The molecule has 1 unspecified atom stereocenters. The Labute approximate surface area is 126 Å². The Kier molecular flexibility index (Phi) is 7.92. The molecule has 1 atom stereocenters. The summed E-state index contributed by atoms with van der Waals surface area (Å²) in [6, 6.07) is 9.04. The number of urea groups is 1. The summed E-state index contributed by atoms with van der Waals surface area (Å²) in [6.45, 7) is 2.80. The minimum absolute atomic E-state index is 0.147. The van der Waals surface area contributed by atoms with E-state index in [1.165, 1.54) is 0 Å². The third kappa shape index (κ3) is 6.77. The predicted molar refractivity (Wildman–Crippen MR) is 82.9 cm³/mol. The van der Waals surface area contributed by atoms with Crippen LogP contribution < -0.4 is 10.6 Å². The maximum absolute atomic E-state index is 11.8. The van der Waals surface area contributed by atoms with Crippen LogP contribution in [0.15, 0.2) is 24.3 Å². The van der Waals surface area contributed by atoms with Gasteiger partial charge in [-0.2, -0.15) is 5.26 Å². The number of rotatable bonds is 8. The molecule has 114 valence electrons. The lowest BCUT2D eigenvalue weighted by Gasteiger charge is -2.16. The average Bonchev–Trinajstić information content (AvgIpc) is 2.48. The van der Waals surface area contributed by atoms with Gasteiger partial charge in [0.25, 0.3) is 0 Å². The van der Waals surface area contributed by atoms with Gasteiger partial charge in [0, 0.05) is 18.8 Å². The molecule has 1 rings (SSSR count). The summed E-state index contributed by atoms with van der Waals surface area (Å²) in [6.07, 6.45) is 3.10. The Hall–Kier alpha value is -2.06. The number of amides is 2. The quantitative estimate of drug-likeness (QED) is 0.687. The number of hydrogen-bond acceptors (Lipinski definition) is 3. The lowest BCUT2D eigenvalue weighted by atomic mass is 10.0. The van der Waals surface area contributed by atoms with Crippen LogP contribution in [0.2, 0.25) is 0 Å². The van der Waals surface area contributed by atoms with Crippen LogP contribution in [0.4, 0.5) is 10.5 Å². The molecule has 0 bridgehead atoms. The van der Waals surface area contributed by atoms with Crippen molar-refractivity contribution < 1.29 is 9.90 Å². The second-order valence-electron chi connectivity index (χ2n) is 5.03. The lowest BCUT2D eigenvalue weighted by molar-refractivity contribution is 0.237. The van der Waals surface area contributed by atoms with Gasteiger partial charge in [-0.1, -0.05) is 25.5 Å². The van der Waals surface area contributed by atoms with E-state index in [2.05, 4.69) is 23.6 Å². The van der Waals surface area contributed by atoms with E-state index in [4.69, 9.17) is 10.4 Å². The summed E-state index contributed by atoms with van der Waals surface area (Å²) in [5.74, 6) is 0.309. The number of aliphatic hydroxyl groups is 1. The van der Waals surface area contributed by atoms with Crippen LogP contribution in [0.3, 0.4) is 0 Å². The van der Waals surface area contributed by atoms with Crippen molar-refractivity contribution in [2.24, 2.45) is 5.92 Å². The zero-order valence-electron chi connectivity index (χ0n) is 12.4. The maximum Gasteiger partial charge on any atom is 0.319 e. The third-order valence-corrected chi connectivity index (χ3v) is 3.28.